The van der Waals surface area contributed by atoms with Crippen molar-refractivity contribution < 1.29 is 26.3 Å². The smallest absolute Gasteiger partial charge is 0.372 e. The highest BCUT2D eigenvalue weighted by Gasteiger charge is 2.28. The monoisotopic (exact) mass is 613 g/mol. The molecule has 192 valence electrons. The van der Waals surface area contributed by atoms with Gasteiger partial charge in [0.25, 0.3) is 10.0 Å². The molecule has 0 spiro atoms. The van der Waals surface area contributed by atoms with E-state index in [0.717, 1.165) is 13.6 Å². The minimum Gasteiger partial charge on any atom is -0.372 e. The largest absolute Gasteiger partial charge is 0.411 e. The predicted molar refractivity (Wildman–Crippen MR) is 135 cm³/mol. The standard InChI is InChI=1S/C21H23BrF3N3O4S3/c1-13-14(2)34-19(33-11-5-3-4-10-32-12-21(23,24)25)17-18(26-20(29)28(13)17)27-35(30,31)16-8-6-15(22)7-9-16/h6-9H,3-5,10-12H2,1-2H3,(H,26,27,29). The summed E-state index contributed by atoms with van der Waals surface area (Å²) in [7, 11) is -3.98. The number of rotatable bonds is 11. The number of nitrogens with one attached hydrogen (secondary N) is 1. The number of benzene rings is 1. The summed E-state index contributed by atoms with van der Waals surface area (Å²) in [5, 5.41) is 0. The Morgan fingerprint density at radius 3 is 2.51 bits per heavy atom. The SMILES string of the molecule is Cc1sc(SCCCCCOCC(F)(F)F)c2c(NS(=O)(=O)c3ccc(Br)cc3)nc(=O)n-2c1C. The second-order valence-corrected chi connectivity index (χ2v) is 12.8. The lowest BCUT2D eigenvalue weighted by molar-refractivity contribution is -0.174. The van der Waals surface area contributed by atoms with E-state index in [1.165, 1.54) is 39.8 Å². The summed E-state index contributed by atoms with van der Waals surface area (Å²) in [6.07, 6.45) is -2.44. The average Bonchev–Trinajstić information content (AvgIpc) is 3.08. The third-order valence-electron chi connectivity index (χ3n) is 4.92. The molecule has 0 unspecified atom stereocenters. The van der Waals surface area contributed by atoms with Gasteiger partial charge in [0.15, 0.2) is 5.82 Å². The van der Waals surface area contributed by atoms with Crippen LogP contribution in [0.2, 0.25) is 0 Å². The van der Waals surface area contributed by atoms with Gasteiger partial charge < -0.3 is 4.74 Å². The molecule has 1 aromatic rings. The topological polar surface area (TPSA) is 90.3 Å². The normalized spacial score (nSPS) is 12.4. The number of hydrogen-bond acceptors (Lipinski definition) is 7. The lowest BCUT2D eigenvalue weighted by Gasteiger charge is -2.16. The molecule has 3 rings (SSSR count). The van der Waals surface area contributed by atoms with E-state index < -0.39 is 28.5 Å². The summed E-state index contributed by atoms with van der Waals surface area (Å²) in [6, 6.07) is 6.08. The highest BCUT2D eigenvalue weighted by atomic mass is 79.9. The Labute approximate surface area is 217 Å². The van der Waals surface area contributed by atoms with Crippen molar-refractivity contribution in [1.29, 1.82) is 0 Å². The quantitative estimate of drug-likeness (QED) is 0.219. The lowest BCUT2D eigenvalue weighted by atomic mass is 10.3. The van der Waals surface area contributed by atoms with Gasteiger partial charge in [-0.25, -0.2) is 13.2 Å². The summed E-state index contributed by atoms with van der Waals surface area (Å²) < 4.78 is 72.1. The fourth-order valence-corrected chi connectivity index (χ4v) is 6.92. The van der Waals surface area contributed by atoms with E-state index in [9.17, 15) is 26.4 Å². The summed E-state index contributed by atoms with van der Waals surface area (Å²) in [5.74, 6) is 0.590. The molecule has 0 amide bonds. The molecule has 14 heteroatoms. The molecule has 2 aliphatic heterocycles. The van der Waals surface area contributed by atoms with E-state index in [1.54, 1.807) is 19.1 Å². The molecule has 0 saturated carbocycles. The molecule has 0 aliphatic carbocycles. The molecule has 7 nitrogen and oxygen atoms in total. The van der Waals surface area contributed by atoms with Gasteiger partial charge in [-0.05, 0) is 56.7 Å². The minimum absolute atomic E-state index is 0.0313. The minimum atomic E-state index is -4.33. The third-order valence-corrected chi connectivity index (χ3v) is 9.33. The number of hydrogen-bond donors (Lipinski definition) is 1. The Kier molecular flexibility index (Phi) is 9.29. The van der Waals surface area contributed by atoms with E-state index in [4.69, 9.17) is 0 Å². The van der Waals surface area contributed by atoms with Crippen molar-refractivity contribution in [1.82, 2.24) is 9.55 Å². The van der Waals surface area contributed by atoms with Crippen molar-refractivity contribution in [3.63, 3.8) is 0 Å². The number of nitrogens with zero attached hydrogens (tertiary/aromatic N) is 2. The second kappa shape index (κ2) is 11.6. The Morgan fingerprint density at radius 1 is 1.17 bits per heavy atom. The molecule has 35 heavy (non-hydrogen) atoms. The van der Waals surface area contributed by atoms with E-state index in [2.05, 4.69) is 30.4 Å². The number of halogens is 4. The van der Waals surface area contributed by atoms with Crippen LogP contribution in [-0.2, 0) is 14.8 Å². The number of sulfonamides is 1. The first-order valence-corrected chi connectivity index (χ1v) is 14.6. The van der Waals surface area contributed by atoms with Crippen LogP contribution in [-0.4, -0.2) is 43.1 Å². The van der Waals surface area contributed by atoms with Crippen molar-refractivity contribution >= 4 is 54.9 Å². The molecule has 2 aliphatic rings. The number of thioether (sulfide) groups is 1. The van der Waals surface area contributed by atoms with E-state index >= 15 is 0 Å². The fraction of sp³-hybridized carbons (Fsp3) is 0.429. The molecule has 0 radical (unpaired) electrons. The van der Waals surface area contributed by atoms with Crippen LogP contribution in [0.4, 0.5) is 19.0 Å². The molecular weight excluding hydrogens is 591 g/mol. The number of anilines is 1. The van der Waals surface area contributed by atoms with Crippen LogP contribution in [0.5, 0.6) is 0 Å². The van der Waals surface area contributed by atoms with Crippen LogP contribution >= 0.6 is 39.0 Å². The second-order valence-electron chi connectivity index (χ2n) is 7.59. The fourth-order valence-electron chi connectivity index (χ4n) is 3.12. The van der Waals surface area contributed by atoms with Crippen molar-refractivity contribution in [3.05, 3.63) is 49.8 Å². The lowest BCUT2D eigenvalue weighted by Crippen LogP contribution is -2.17. The first-order valence-electron chi connectivity index (χ1n) is 10.5. The number of unbranched alkanes of at least 4 members (excludes halogenated alkanes) is 2. The molecule has 0 fully saturated rings. The van der Waals surface area contributed by atoms with E-state index in [-0.39, 0.29) is 17.3 Å². The van der Waals surface area contributed by atoms with E-state index in [0.29, 0.717) is 36.4 Å². The molecule has 1 aromatic carbocycles. The van der Waals surface area contributed by atoms with Gasteiger partial charge in [0.2, 0.25) is 0 Å². The first kappa shape index (κ1) is 28.0. The van der Waals surface area contributed by atoms with Crippen LogP contribution in [0.25, 0.3) is 5.69 Å². The van der Waals surface area contributed by atoms with Gasteiger partial charge >= 0.3 is 11.9 Å². The molecule has 0 atom stereocenters. The third kappa shape index (κ3) is 7.44. The number of fused-ring (bicyclic) bond motifs is 1. The maximum Gasteiger partial charge on any atom is 0.411 e. The Balaban J connectivity index is 1.74. The maximum atomic E-state index is 12.9. The van der Waals surface area contributed by atoms with Gasteiger partial charge in [-0.1, -0.05) is 22.4 Å². The van der Waals surface area contributed by atoms with Gasteiger partial charge in [-0.15, -0.1) is 23.1 Å². The molecule has 2 heterocycles. The van der Waals surface area contributed by atoms with Crippen LogP contribution < -0.4 is 10.4 Å². The Hall–Kier alpha value is -1.61. The number of ether oxygens (including phenoxy) is 1. The van der Waals surface area contributed by atoms with Gasteiger partial charge in [-0.3, -0.25) is 9.29 Å². The van der Waals surface area contributed by atoms with E-state index in [1.807, 2.05) is 6.92 Å². The number of aryl methyl sites for hydroxylation is 1. The molecule has 0 aromatic heterocycles. The average molecular weight is 615 g/mol. The molecule has 0 bridgehead atoms. The summed E-state index contributed by atoms with van der Waals surface area (Å²) in [6.45, 7) is 2.42. The van der Waals surface area contributed by atoms with Crippen LogP contribution in [0, 0.1) is 13.8 Å². The molecular formula is C21H23BrF3N3O4S3. The summed E-state index contributed by atoms with van der Waals surface area (Å²) >= 11 is 6.15. The zero-order chi connectivity index (χ0) is 25.8. The van der Waals surface area contributed by atoms with Gasteiger partial charge in [0, 0.05) is 21.7 Å². The zero-order valence-electron chi connectivity index (χ0n) is 18.8. The highest BCUT2D eigenvalue weighted by molar-refractivity contribution is 9.10. The first-order chi connectivity index (χ1) is 16.4. The van der Waals surface area contributed by atoms with Gasteiger partial charge in [-0.2, -0.15) is 18.2 Å². The van der Waals surface area contributed by atoms with Crippen molar-refractivity contribution in [3.8, 4) is 5.69 Å². The van der Waals surface area contributed by atoms with Gasteiger partial charge in [0.1, 0.15) is 12.3 Å². The Bertz CT molecular complexity index is 1290. The highest BCUT2D eigenvalue weighted by Crippen LogP contribution is 2.38. The molecule has 1 N–H and O–H groups in total. The van der Waals surface area contributed by atoms with Gasteiger partial charge in [0.05, 0.1) is 9.10 Å². The van der Waals surface area contributed by atoms with Crippen molar-refractivity contribution in [2.24, 2.45) is 0 Å². The van der Waals surface area contributed by atoms with Crippen molar-refractivity contribution in [2.75, 3.05) is 23.7 Å². The van der Waals surface area contributed by atoms with Crippen LogP contribution in [0.3, 0.4) is 0 Å². The maximum absolute atomic E-state index is 12.9. The summed E-state index contributed by atoms with van der Waals surface area (Å²) in [4.78, 5) is 17.5. The number of alkyl halides is 3. The summed E-state index contributed by atoms with van der Waals surface area (Å²) in [5.41, 5.74) is 0.482. The zero-order valence-corrected chi connectivity index (χ0v) is 22.9. The predicted octanol–water partition coefficient (Wildman–Crippen LogP) is 5.75. The number of imidazole rings is 1. The molecule has 0 saturated heterocycles. The van der Waals surface area contributed by atoms with Crippen molar-refractivity contribution in [2.45, 2.75) is 48.4 Å². The van der Waals surface area contributed by atoms with Crippen LogP contribution in [0.1, 0.15) is 29.8 Å². The van der Waals surface area contributed by atoms with Crippen LogP contribution in [0.15, 0.2) is 42.6 Å². The Morgan fingerprint density at radius 2 is 1.86 bits per heavy atom. The number of aromatic nitrogens is 2.